The first kappa shape index (κ1) is 13.8. The van der Waals surface area contributed by atoms with Crippen molar-refractivity contribution in [3.8, 4) is 11.3 Å². The van der Waals surface area contributed by atoms with Gasteiger partial charge in [0.05, 0.1) is 0 Å². The molecule has 0 bridgehead atoms. The molecule has 3 aromatic carbocycles. The second-order valence-corrected chi connectivity index (χ2v) is 10.7. The van der Waals surface area contributed by atoms with Crippen LogP contribution in [0.15, 0.2) is 78.9 Å². The first-order chi connectivity index (χ1) is 11.7. The second-order valence-electron chi connectivity index (χ2n) is 6.84. The first-order valence-electron chi connectivity index (χ1n) is 8.46. The molecular formula is C22H19NSi. The molecule has 116 valence electrons. The number of nitrogens with zero attached hydrogens (tertiary/aromatic N) is 1. The third-order valence-electron chi connectivity index (χ3n) is 5.68. The lowest BCUT2D eigenvalue weighted by Gasteiger charge is -2.25. The highest BCUT2D eigenvalue weighted by Crippen LogP contribution is 2.33. The Morgan fingerprint density at radius 3 is 2.25 bits per heavy atom. The van der Waals surface area contributed by atoms with Crippen molar-refractivity contribution in [3.63, 3.8) is 0 Å². The molecule has 0 aliphatic carbocycles. The molecule has 5 rings (SSSR count). The Labute approximate surface area is 143 Å². The third kappa shape index (κ3) is 1.54. The summed E-state index contributed by atoms with van der Waals surface area (Å²) >= 11 is 0. The number of hydrogen-bond acceptors (Lipinski definition) is 0. The minimum absolute atomic E-state index is 1.34. The number of hydrogen-bond donors (Lipinski definition) is 0. The molecule has 0 saturated carbocycles. The van der Waals surface area contributed by atoms with E-state index in [1.165, 1.54) is 27.3 Å². The van der Waals surface area contributed by atoms with Crippen LogP contribution in [0.2, 0.25) is 6.55 Å². The van der Waals surface area contributed by atoms with Crippen LogP contribution in [0.1, 0.15) is 0 Å². The Kier molecular flexibility index (Phi) is 2.71. The summed E-state index contributed by atoms with van der Waals surface area (Å²) in [5.74, 6) is 0. The van der Waals surface area contributed by atoms with Crippen molar-refractivity contribution in [1.82, 2.24) is 4.57 Å². The largest absolute Gasteiger partial charge is 0.344 e. The Hall–Kier alpha value is -2.58. The molecule has 1 aliphatic rings. The molecule has 4 aromatic rings. The van der Waals surface area contributed by atoms with Gasteiger partial charge in [-0.2, -0.15) is 0 Å². The number of aromatic nitrogens is 1. The molecule has 1 unspecified atom stereocenters. The number of fused-ring (bicyclic) bond motifs is 5. The van der Waals surface area contributed by atoms with E-state index in [1.807, 2.05) is 0 Å². The monoisotopic (exact) mass is 325 g/mol. The Morgan fingerprint density at radius 1 is 0.750 bits per heavy atom. The highest BCUT2D eigenvalue weighted by Gasteiger charge is 2.45. The van der Waals surface area contributed by atoms with Crippen LogP contribution < -0.4 is 15.6 Å². The Morgan fingerprint density at radius 2 is 1.42 bits per heavy atom. The highest BCUT2D eigenvalue weighted by molar-refractivity contribution is 7.14. The molecule has 0 fully saturated rings. The van der Waals surface area contributed by atoms with Gasteiger partial charge in [0.1, 0.15) is 8.07 Å². The van der Waals surface area contributed by atoms with Crippen molar-refractivity contribution in [2.24, 2.45) is 7.05 Å². The molecule has 2 heteroatoms. The summed E-state index contributed by atoms with van der Waals surface area (Å²) in [7, 11) is 0.243. The summed E-state index contributed by atoms with van der Waals surface area (Å²) in [6.07, 6.45) is 0. The third-order valence-corrected chi connectivity index (χ3v) is 10.2. The molecule has 1 atom stereocenters. The zero-order valence-electron chi connectivity index (χ0n) is 14.0. The van der Waals surface area contributed by atoms with Gasteiger partial charge in [0.25, 0.3) is 0 Å². The van der Waals surface area contributed by atoms with Gasteiger partial charge in [-0.25, -0.2) is 0 Å². The maximum Gasteiger partial charge on any atom is 0.149 e. The molecular weight excluding hydrogens is 306 g/mol. The Balaban J connectivity index is 2.00. The van der Waals surface area contributed by atoms with Gasteiger partial charge in [-0.05, 0) is 27.2 Å². The zero-order valence-corrected chi connectivity index (χ0v) is 15.0. The van der Waals surface area contributed by atoms with Crippen LogP contribution in [-0.4, -0.2) is 12.6 Å². The van der Waals surface area contributed by atoms with E-state index < -0.39 is 8.07 Å². The van der Waals surface area contributed by atoms with E-state index in [0.29, 0.717) is 0 Å². The minimum atomic E-state index is -1.97. The van der Waals surface area contributed by atoms with Crippen LogP contribution in [-0.2, 0) is 7.05 Å². The molecule has 1 nitrogen and oxygen atoms in total. The van der Waals surface area contributed by atoms with Crippen molar-refractivity contribution in [1.29, 1.82) is 0 Å². The molecule has 0 spiro atoms. The van der Waals surface area contributed by atoms with Gasteiger partial charge in [0.15, 0.2) is 0 Å². The number of benzene rings is 3. The quantitative estimate of drug-likeness (QED) is 0.473. The summed E-state index contributed by atoms with van der Waals surface area (Å²) in [5.41, 5.74) is 4.18. The fraction of sp³-hybridized carbons (Fsp3) is 0.0909. The lowest BCUT2D eigenvalue weighted by Crippen LogP contribution is -2.62. The van der Waals surface area contributed by atoms with Gasteiger partial charge in [0, 0.05) is 23.6 Å². The molecule has 0 radical (unpaired) electrons. The first-order valence-corrected chi connectivity index (χ1v) is 11.0. The number of para-hydroxylation sites is 1. The van der Waals surface area contributed by atoms with Crippen LogP contribution in [0.5, 0.6) is 0 Å². The van der Waals surface area contributed by atoms with Crippen LogP contribution in [0, 0.1) is 0 Å². The molecule has 1 aromatic heterocycles. The van der Waals surface area contributed by atoms with Gasteiger partial charge in [0.2, 0.25) is 0 Å². The fourth-order valence-electron chi connectivity index (χ4n) is 4.55. The second kappa shape index (κ2) is 4.71. The van der Waals surface area contributed by atoms with E-state index in [0.717, 1.165) is 0 Å². The van der Waals surface area contributed by atoms with Gasteiger partial charge < -0.3 is 4.57 Å². The van der Waals surface area contributed by atoms with E-state index >= 15 is 0 Å². The molecule has 0 saturated heterocycles. The summed E-state index contributed by atoms with van der Waals surface area (Å²) in [5, 5.41) is 6.03. The predicted molar refractivity (Wildman–Crippen MR) is 105 cm³/mol. The van der Waals surface area contributed by atoms with Crippen molar-refractivity contribution >= 4 is 34.5 Å². The van der Waals surface area contributed by atoms with Gasteiger partial charge >= 0.3 is 0 Å². The van der Waals surface area contributed by atoms with E-state index in [4.69, 9.17) is 0 Å². The van der Waals surface area contributed by atoms with Crippen LogP contribution >= 0.6 is 0 Å². The van der Waals surface area contributed by atoms with E-state index in [1.54, 1.807) is 10.4 Å². The smallest absolute Gasteiger partial charge is 0.149 e. The summed E-state index contributed by atoms with van der Waals surface area (Å²) in [6, 6.07) is 29.0. The minimum Gasteiger partial charge on any atom is -0.344 e. The van der Waals surface area contributed by atoms with E-state index in [-0.39, 0.29) is 0 Å². The zero-order chi connectivity index (χ0) is 16.3. The van der Waals surface area contributed by atoms with E-state index in [2.05, 4.69) is 97.0 Å². The molecule has 2 heterocycles. The normalized spacial score (nSPS) is 18.6. The predicted octanol–water partition coefficient (Wildman–Crippen LogP) is 3.26. The van der Waals surface area contributed by atoms with Crippen LogP contribution in [0.3, 0.4) is 0 Å². The average Bonchev–Trinajstić information content (AvgIpc) is 3.09. The Bertz CT molecular complexity index is 1080. The summed E-state index contributed by atoms with van der Waals surface area (Å²) in [4.78, 5) is 0. The average molecular weight is 325 g/mol. The van der Waals surface area contributed by atoms with E-state index in [9.17, 15) is 0 Å². The number of aryl methyl sites for hydroxylation is 1. The standard InChI is InChI=1S/C22H19NSi/c1-23-19-14-8-6-12-17(19)22-21(23)18-13-7-9-15-20(18)24(22,2)16-10-4-3-5-11-16/h3-15H,1-2H3. The maximum absolute atomic E-state index is 2.51. The SMILES string of the molecule is Cn1c2c(c3ccccc31)[Si](C)(c1ccccc1)c1ccccc1-2. The molecule has 0 amide bonds. The van der Waals surface area contributed by atoms with Gasteiger partial charge in [-0.3, -0.25) is 0 Å². The van der Waals surface area contributed by atoms with Crippen molar-refractivity contribution in [2.45, 2.75) is 6.55 Å². The van der Waals surface area contributed by atoms with Crippen LogP contribution in [0.25, 0.3) is 22.2 Å². The van der Waals surface area contributed by atoms with Crippen molar-refractivity contribution in [3.05, 3.63) is 78.9 Å². The topological polar surface area (TPSA) is 4.93 Å². The van der Waals surface area contributed by atoms with Crippen LogP contribution in [0.4, 0.5) is 0 Å². The maximum atomic E-state index is 2.51. The van der Waals surface area contributed by atoms with Gasteiger partial charge in [-0.15, -0.1) is 0 Å². The fourth-order valence-corrected chi connectivity index (χ4v) is 8.97. The van der Waals surface area contributed by atoms with Crippen molar-refractivity contribution < 1.29 is 0 Å². The van der Waals surface area contributed by atoms with Gasteiger partial charge in [-0.1, -0.05) is 79.3 Å². The molecule has 0 N–H and O–H groups in total. The lowest BCUT2D eigenvalue weighted by molar-refractivity contribution is 0.983. The molecule has 24 heavy (non-hydrogen) atoms. The lowest BCUT2D eigenvalue weighted by atomic mass is 10.1. The highest BCUT2D eigenvalue weighted by atomic mass is 28.3. The summed E-state index contributed by atoms with van der Waals surface area (Å²) < 4.78 is 2.39. The number of rotatable bonds is 1. The summed E-state index contributed by atoms with van der Waals surface area (Å²) in [6.45, 7) is 2.51. The van der Waals surface area contributed by atoms with Crippen molar-refractivity contribution in [2.75, 3.05) is 0 Å². The molecule has 1 aliphatic heterocycles.